The van der Waals surface area contributed by atoms with Gasteiger partial charge in [0.25, 0.3) is 0 Å². The number of hydrogen-bond donors (Lipinski definition) is 0. The first-order valence-electron chi connectivity index (χ1n) is 3.00. The molecule has 0 N–H and O–H groups in total. The monoisotopic (exact) mass is 174 g/mol. The van der Waals surface area contributed by atoms with E-state index in [-0.39, 0.29) is 48.3 Å². The van der Waals surface area contributed by atoms with Crippen LogP contribution in [-0.2, 0) is 0 Å². The van der Waals surface area contributed by atoms with E-state index in [9.17, 15) is 0 Å². The molecule has 1 saturated carbocycles. The maximum Gasteiger partial charge on any atom is 2.00 e. The quantitative estimate of drug-likeness (QED) is 0.493. The van der Waals surface area contributed by atoms with Crippen LogP contribution in [0.25, 0.3) is 0 Å². The van der Waals surface area contributed by atoms with Crippen LogP contribution in [0.15, 0.2) is 0 Å². The summed E-state index contributed by atoms with van der Waals surface area (Å²) in [4.78, 5) is 0. The second-order valence-electron chi connectivity index (χ2n) is 2.12. The molecule has 1 fully saturated rings. The van der Waals surface area contributed by atoms with Gasteiger partial charge in [-0.2, -0.15) is 0 Å². The standard InChI is InChI=1S/C6H12.Sr.2H/c1-2-4-6-5-3-1;;;/h1-6H2;;;/q;+2;2*-1. The van der Waals surface area contributed by atoms with Crippen molar-refractivity contribution in [2.75, 3.05) is 0 Å². The Labute approximate surface area is 85.9 Å². The third-order valence-electron chi connectivity index (χ3n) is 1.50. The van der Waals surface area contributed by atoms with E-state index in [1.54, 1.807) is 0 Å². The Morgan fingerprint density at radius 2 is 0.714 bits per heavy atom. The molecule has 0 unspecified atom stereocenters. The molecule has 0 atom stereocenters. The van der Waals surface area contributed by atoms with Gasteiger partial charge >= 0.3 is 45.5 Å². The zero-order valence-electron chi connectivity index (χ0n) is 6.95. The minimum atomic E-state index is 0. The summed E-state index contributed by atoms with van der Waals surface area (Å²) in [7, 11) is 0. The largest absolute Gasteiger partial charge is 2.00 e. The normalized spacial score (nSPS) is 20.6. The van der Waals surface area contributed by atoms with Gasteiger partial charge in [0.15, 0.2) is 0 Å². The fourth-order valence-corrected chi connectivity index (χ4v) is 1.06. The van der Waals surface area contributed by atoms with Crippen molar-refractivity contribution >= 4 is 45.5 Å². The van der Waals surface area contributed by atoms with Gasteiger partial charge in [-0.1, -0.05) is 38.5 Å². The molecule has 0 aromatic rings. The Bertz CT molecular complexity index is 26.5. The molecular formula is C6H14Sr. The van der Waals surface area contributed by atoms with Crippen LogP contribution in [0.5, 0.6) is 0 Å². The fraction of sp³-hybridized carbons (Fsp3) is 1.00. The first-order chi connectivity index (χ1) is 3.00. The molecule has 0 saturated heterocycles. The molecule has 40 valence electrons. The van der Waals surface area contributed by atoms with Gasteiger partial charge < -0.3 is 2.85 Å². The van der Waals surface area contributed by atoms with E-state index in [0.717, 1.165) is 0 Å². The fourth-order valence-electron chi connectivity index (χ4n) is 1.06. The first-order valence-corrected chi connectivity index (χ1v) is 3.00. The summed E-state index contributed by atoms with van der Waals surface area (Å²) >= 11 is 0. The van der Waals surface area contributed by atoms with Crippen molar-refractivity contribution in [3.8, 4) is 0 Å². The van der Waals surface area contributed by atoms with Gasteiger partial charge in [0.2, 0.25) is 0 Å². The summed E-state index contributed by atoms with van der Waals surface area (Å²) < 4.78 is 0. The van der Waals surface area contributed by atoms with E-state index < -0.39 is 0 Å². The van der Waals surface area contributed by atoms with Crippen LogP contribution in [0, 0.1) is 0 Å². The smallest absolute Gasteiger partial charge is 1.00 e. The summed E-state index contributed by atoms with van der Waals surface area (Å²) in [6.45, 7) is 0. The third-order valence-corrected chi connectivity index (χ3v) is 1.50. The number of rotatable bonds is 0. The zero-order chi connectivity index (χ0) is 4.24. The van der Waals surface area contributed by atoms with Crippen molar-refractivity contribution in [1.29, 1.82) is 0 Å². The summed E-state index contributed by atoms with van der Waals surface area (Å²) in [5.41, 5.74) is 0. The Morgan fingerprint density at radius 3 is 0.857 bits per heavy atom. The average Bonchev–Trinajstić information content (AvgIpc) is 1.72. The van der Waals surface area contributed by atoms with Crippen LogP contribution < -0.4 is 0 Å². The van der Waals surface area contributed by atoms with Crippen LogP contribution >= 0.6 is 0 Å². The summed E-state index contributed by atoms with van der Waals surface area (Å²) in [5, 5.41) is 0. The zero-order valence-corrected chi connectivity index (χ0v) is 8.43. The SMILES string of the molecule is C1CCCCC1.[H-].[H-].[Sr+2]. The second-order valence-corrected chi connectivity index (χ2v) is 2.12. The van der Waals surface area contributed by atoms with Gasteiger partial charge in [-0.3, -0.25) is 0 Å². The molecule has 1 aliphatic carbocycles. The maximum atomic E-state index is 1.50. The van der Waals surface area contributed by atoms with Crippen LogP contribution in [0.1, 0.15) is 41.4 Å². The van der Waals surface area contributed by atoms with Gasteiger partial charge in [0, 0.05) is 0 Å². The Kier molecular flexibility index (Phi) is 6.80. The van der Waals surface area contributed by atoms with Gasteiger partial charge in [0.1, 0.15) is 0 Å². The molecular weight excluding hydrogens is 160 g/mol. The topological polar surface area (TPSA) is 0 Å². The van der Waals surface area contributed by atoms with E-state index in [0.29, 0.717) is 0 Å². The summed E-state index contributed by atoms with van der Waals surface area (Å²) in [5.74, 6) is 0. The minimum Gasteiger partial charge on any atom is -1.00 e. The van der Waals surface area contributed by atoms with Gasteiger partial charge in [-0.05, 0) is 0 Å². The predicted molar refractivity (Wildman–Crippen MR) is 35.7 cm³/mol. The Balaban J connectivity index is -0.000000120. The van der Waals surface area contributed by atoms with Crippen molar-refractivity contribution in [3.63, 3.8) is 0 Å². The summed E-state index contributed by atoms with van der Waals surface area (Å²) in [6.07, 6.45) is 9.00. The molecule has 0 radical (unpaired) electrons. The molecule has 0 heterocycles. The van der Waals surface area contributed by atoms with Crippen molar-refractivity contribution in [3.05, 3.63) is 0 Å². The molecule has 0 aliphatic heterocycles. The molecule has 1 heteroatoms. The van der Waals surface area contributed by atoms with Crippen LogP contribution in [0.2, 0.25) is 0 Å². The first kappa shape index (κ1) is 8.48. The molecule has 0 aromatic heterocycles. The van der Waals surface area contributed by atoms with Crippen molar-refractivity contribution < 1.29 is 2.85 Å². The molecule has 0 spiro atoms. The predicted octanol–water partition coefficient (Wildman–Crippen LogP) is 2.18. The molecule has 7 heavy (non-hydrogen) atoms. The Morgan fingerprint density at radius 1 is 0.571 bits per heavy atom. The molecule has 1 rings (SSSR count). The van der Waals surface area contributed by atoms with Gasteiger partial charge in [0.05, 0.1) is 0 Å². The van der Waals surface area contributed by atoms with Crippen LogP contribution in [-0.4, -0.2) is 45.5 Å². The summed E-state index contributed by atoms with van der Waals surface area (Å²) in [6, 6.07) is 0. The molecule has 0 aromatic carbocycles. The molecule has 0 amide bonds. The van der Waals surface area contributed by atoms with Crippen molar-refractivity contribution in [2.45, 2.75) is 38.5 Å². The maximum absolute atomic E-state index is 1.50. The number of hydrogen-bond acceptors (Lipinski definition) is 0. The van der Waals surface area contributed by atoms with E-state index in [1.165, 1.54) is 38.5 Å². The molecule has 1 aliphatic rings. The van der Waals surface area contributed by atoms with E-state index in [4.69, 9.17) is 0 Å². The van der Waals surface area contributed by atoms with Gasteiger partial charge in [-0.15, -0.1) is 0 Å². The van der Waals surface area contributed by atoms with E-state index in [1.807, 2.05) is 0 Å². The van der Waals surface area contributed by atoms with Crippen LogP contribution in [0.4, 0.5) is 0 Å². The second kappa shape index (κ2) is 5.61. The van der Waals surface area contributed by atoms with Crippen molar-refractivity contribution in [2.24, 2.45) is 0 Å². The van der Waals surface area contributed by atoms with E-state index in [2.05, 4.69) is 0 Å². The van der Waals surface area contributed by atoms with Crippen LogP contribution in [0.3, 0.4) is 0 Å². The van der Waals surface area contributed by atoms with Crippen molar-refractivity contribution in [1.82, 2.24) is 0 Å². The molecule has 0 nitrogen and oxygen atoms in total. The minimum absolute atomic E-state index is 0. The Hall–Kier alpha value is 1.48. The molecule has 0 bridgehead atoms. The third kappa shape index (κ3) is 4.02. The average molecular weight is 174 g/mol. The van der Waals surface area contributed by atoms with E-state index >= 15 is 0 Å². The van der Waals surface area contributed by atoms with Gasteiger partial charge in [-0.25, -0.2) is 0 Å².